The fourth-order valence-electron chi connectivity index (χ4n) is 9.06. The van der Waals surface area contributed by atoms with E-state index in [1.807, 2.05) is 0 Å². The van der Waals surface area contributed by atoms with E-state index < -0.39 is 278 Å². The largest absolute Gasteiger partial charge is 0.463 e. The highest BCUT2D eigenvalue weighted by Gasteiger charge is 2.54. The van der Waals surface area contributed by atoms with E-state index in [-0.39, 0.29) is 19.6 Å². The number of aliphatic hydroxyl groups excluding tert-OH is 3. The summed E-state index contributed by atoms with van der Waals surface area (Å²) in [6, 6.07) is 8.95. The summed E-state index contributed by atoms with van der Waals surface area (Å²) in [6.07, 6.45) is -27.1. The van der Waals surface area contributed by atoms with Gasteiger partial charge in [-0.2, -0.15) is 0 Å². The van der Waals surface area contributed by atoms with Gasteiger partial charge in [-0.3, -0.25) is 62.4 Å². The van der Waals surface area contributed by atoms with E-state index in [1.165, 1.54) is 6.92 Å². The highest BCUT2D eigenvalue weighted by molar-refractivity contribution is 5.83. The molecule has 1 aromatic rings. The molecule has 3 aliphatic rings. The van der Waals surface area contributed by atoms with Crippen LogP contribution in [0, 0.1) is 0 Å². The molecule has 4 N–H and O–H groups in total. The average molecular weight is 1300 g/mol. The van der Waals surface area contributed by atoms with Crippen molar-refractivity contribution < 1.29 is 155 Å². The van der Waals surface area contributed by atoms with Crippen molar-refractivity contribution >= 4 is 71.5 Å². The molecule has 3 saturated heterocycles. The van der Waals surface area contributed by atoms with E-state index in [1.54, 1.807) is 30.3 Å². The Kier molecular flexibility index (Phi) is 26.2. The maximum Gasteiger partial charge on any atom is 0.322 e. The number of rotatable bonds is 33. The van der Waals surface area contributed by atoms with Crippen LogP contribution in [0.25, 0.3) is 0 Å². The lowest BCUT2D eigenvalue weighted by Gasteiger charge is -2.44. The monoisotopic (exact) mass is 1300 g/mol. The second kappa shape index (κ2) is 37.6. The molecule has 33 nitrogen and oxygen atoms in total. The van der Waals surface area contributed by atoms with Crippen molar-refractivity contribution in [2.75, 3.05) is 65.7 Å². The third-order valence-electron chi connectivity index (χ3n) is 13.0. The van der Waals surface area contributed by atoms with Crippen LogP contribution < -0.4 is 5.32 Å². The number of carbonyl (C=O) groups is 12. The topological polar surface area (TPSA) is 422 Å². The van der Waals surface area contributed by atoms with Gasteiger partial charge in [0.25, 0.3) is 0 Å². The Morgan fingerprint density at radius 3 is 1.47 bits per heavy atom. The van der Waals surface area contributed by atoms with Crippen LogP contribution in [0.4, 0.5) is 0 Å². The van der Waals surface area contributed by atoms with E-state index in [0.29, 0.717) is 19.3 Å². The summed E-state index contributed by atoms with van der Waals surface area (Å²) in [5, 5.41) is 34.0. The van der Waals surface area contributed by atoms with Gasteiger partial charge in [0.05, 0.1) is 39.0 Å². The van der Waals surface area contributed by atoms with Crippen molar-refractivity contribution in [3.8, 4) is 0 Å². The van der Waals surface area contributed by atoms with Crippen LogP contribution in [-0.4, -0.2) is 254 Å². The molecule has 0 aliphatic carbocycles. The predicted octanol–water partition coefficient (Wildman–Crippen LogP) is -1.89. The molecule has 90 heavy (non-hydrogen) atoms. The molecule has 3 fully saturated rings. The van der Waals surface area contributed by atoms with E-state index in [4.69, 9.17) is 82.0 Å². The number of benzene rings is 1. The quantitative estimate of drug-likeness (QED) is 0.0339. The number of aliphatic hydroxyl groups is 3. The first-order valence-corrected chi connectivity index (χ1v) is 27.6. The molecule has 2 unspecified atom stereocenters. The second-order valence-electron chi connectivity index (χ2n) is 19.9. The highest BCUT2D eigenvalue weighted by Crippen LogP contribution is 2.32. The van der Waals surface area contributed by atoms with Crippen LogP contribution in [0.1, 0.15) is 104 Å². The Bertz CT molecular complexity index is 2670. The summed E-state index contributed by atoms with van der Waals surface area (Å²) < 4.78 is 143. The van der Waals surface area contributed by atoms with Crippen LogP contribution in [0.2, 0.25) is 0 Å². The molecule has 0 saturated carbocycles. The van der Waals surface area contributed by atoms with Gasteiger partial charge in [-0.05, 0) is 25.3 Å². The van der Waals surface area contributed by atoms with Gasteiger partial charge in [0, 0.05) is 92.2 Å². The summed E-state index contributed by atoms with van der Waals surface area (Å²) in [7, 11) is 0. The SMILES string of the molecule is [2H]CC(=O)OC[C@H]1OC(OCCN(CCOC2O[C@H](COC(=O)C[2H])[C@@H](OC(=O)C[2H])[C@H](OC(=O)C[2H])[C@@H]2OC(=O)C[2H])C(=O)CN(CC(=O)NCCCCCC(=O)OCc2ccccc2)CC(=O)O[C@@H]2O[C@@H](C)[C@@H](O)[C@@H](O)[C@@H]2O)[C@@H](OC(=O)C[2H])[C@@H](OC(=O)C[2H])[C@@H]1OC(=O)C[2H]. The summed E-state index contributed by atoms with van der Waals surface area (Å²) in [5.41, 5.74) is 0.781. The lowest BCUT2D eigenvalue weighted by molar-refractivity contribution is -0.309. The molecule has 1 aromatic carbocycles. The van der Waals surface area contributed by atoms with E-state index in [9.17, 15) is 72.9 Å². The second-order valence-corrected chi connectivity index (χ2v) is 19.9. The zero-order chi connectivity index (χ0) is 72.4. The Labute approximate surface area is 528 Å². The Morgan fingerprint density at radius 1 is 0.500 bits per heavy atom. The fraction of sp³-hybridized carbons (Fsp3) is 0.684. The maximum atomic E-state index is 15.0. The molecule has 0 radical (unpaired) electrons. The molecule has 504 valence electrons. The first kappa shape index (κ1) is 62.7. The predicted molar refractivity (Wildman–Crippen MR) is 295 cm³/mol. The molecule has 0 aromatic heterocycles. The van der Waals surface area contributed by atoms with Gasteiger partial charge in [-0.1, -0.05) is 36.8 Å². The highest BCUT2D eigenvalue weighted by atomic mass is 16.8. The number of carbonyl (C=O) groups excluding carboxylic acids is 12. The van der Waals surface area contributed by atoms with Crippen molar-refractivity contribution in [1.82, 2.24) is 15.1 Å². The number of hydrogen-bond acceptors (Lipinski definition) is 31. The Balaban J connectivity index is 1.76. The van der Waals surface area contributed by atoms with E-state index in [2.05, 4.69) is 5.32 Å². The number of esters is 10. The third kappa shape index (κ3) is 25.8. The Hall–Kier alpha value is -7.50. The number of amides is 2. The number of ether oxygens (including phenoxy) is 15. The molecular weight excluding hydrogens is 1210 g/mol. The normalized spacial score (nSPS) is 27.4. The molecule has 4 rings (SSSR count). The van der Waals surface area contributed by atoms with Crippen molar-refractivity contribution in [2.24, 2.45) is 0 Å². The minimum absolute atomic E-state index is 0.00198. The maximum absolute atomic E-state index is 15.0. The van der Waals surface area contributed by atoms with Gasteiger partial charge in [0.1, 0.15) is 50.3 Å². The summed E-state index contributed by atoms with van der Waals surface area (Å²) >= 11 is 0. The minimum atomic E-state index is -2.05. The van der Waals surface area contributed by atoms with Crippen molar-refractivity contribution in [2.45, 2.75) is 187 Å². The van der Waals surface area contributed by atoms with Gasteiger partial charge in [-0.15, -0.1) is 0 Å². The van der Waals surface area contributed by atoms with Gasteiger partial charge in [-0.25, -0.2) is 0 Å². The summed E-state index contributed by atoms with van der Waals surface area (Å²) in [6.45, 7) is -14.6. The van der Waals surface area contributed by atoms with Gasteiger partial charge in [0.15, 0.2) is 49.2 Å². The zero-order valence-electron chi connectivity index (χ0n) is 57.1. The summed E-state index contributed by atoms with van der Waals surface area (Å²) in [4.78, 5) is 158. The number of nitrogens with one attached hydrogen (secondary N) is 1. The van der Waals surface area contributed by atoms with E-state index in [0.717, 1.165) is 15.4 Å². The molecule has 33 heteroatoms. The molecule has 0 spiro atoms. The summed E-state index contributed by atoms with van der Waals surface area (Å²) in [5.74, 6) is -13.8. The molecule has 15 atom stereocenters. The van der Waals surface area contributed by atoms with Crippen LogP contribution in [0.15, 0.2) is 30.3 Å². The van der Waals surface area contributed by atoms with Crippen LogP contribution in [-0.2, 0) is 135 Å². The van der Waals surface area contributed by atoms with Gasteiger partial charge >= 0.3 is 59.7 Å². The standard InChI is InChI=1S/C57H81N3O30/c1-30-46(73)47(74)48(75)55(81-30)90-45(72)26-59(24-42(69)58-19-15-11-14-18-44(71)80-27-39-16-12-10-13-17-39)25-43(70)60(20-22-76-56-53(86-37(8)67)51(84-35(6)65)49(82-33(4)63)40(88-56)28-78-31(2)61)21-23-77-57-54(87-38(9)68)52(85-36(7)66)50(83-34(5)64)41(89-57)29-79-32(3)62/h10,12-13,16-17,30,40-41,46-57,73-75H,11,14-15,18-29H2,1-9H3,(H,58,69)/t30-,40+,41+,46+,47+,48-,49+,50+,51-,52-,53-,54-,55-,56?,57?/m0/s1/i2D,3D,4D,5D,6D,7D,8D,9D. The molecular formula is C57H81N3O30. The first-order valence-electron chi connectivity index (χ1n) is 33.2. The van der Waals surface area contributed by atoms with Crippen molar-refractivity contribution in [3.63, 3.8) is 0 Å². The molecule has 3 aliphatic heterocycles. The lowest BCUT2D eigenvalue weighted by atomic mass is 9.98. The first-order chi connectivity index (χ1) is 46.8. The fourth-order valence-corrected chi connectivity index (χ4v) is 9.06. The number of unbranched alkanes of at least 4 members (excludes halogenated alkanes) is 2. The smallest absolute Gasteiger partial charge is 0.322 e. The van der Waals surface area contributed by atoms with Crippen LogP contribution in [0.3, 0.4) is 0 Å². The van der Waals surface area contributed by atoms with Gasteiger partial charge in [0.2, 0.25) is 18.1 Å². The minimum Gasteiger partial charge on any atom is -0.463 e. The van der Waals surface area contributed by atoms with Crippen LogP contribution >= 0.6 is 0 Å². The van der Waals surface area contributed by atoms with E-state index >= 15 is 0 Å². The van der Waals surface area contributed by atoms with Crippen molar-refractivity contribution in [3.05, 3.63) is 35.9 Å². The Morgan fingerprint density at radius 2 is 0.978 bits per heavy atom. The van der Waals surface area contributed by atoms with Crippen LogP contribution in [0.5, 0.6) is 0 Å². The lowest BCUT2D eigenvalue weighted by Crippen LogP contribution is -2.63. The van der Waals surface area contributed by atoms with Gasteiger partial charge < -0.3 is 96.6 Å². The third-order valence-corrected chi connectivity index (χ3v) is 13.0. The molecule has 0 bridgehead atoms. The molecule has 3 heterocycles. The number of hydrogen-bond donors (Lipinski definition) is 4. The zero-order valence-corrected chi connectivity index (χ0v) is 49.1. The number of nitrogens with zero attached hydrogens (tertiary/aromatic N) is 2. The average Bonchev–Trinajstić information content (AvgIpc) is 0.795. The molecule has 2 amide bonds. The van der Waals surface area contributed by atoms with Crippen molar-refractivity contribution in [1.29, 1.82) is 0 Å².